The Bertz CT molecular complexity index is 1100. The van der Waals surface area contributed by atoms with Crippen LogP contribution in [0.4, 0.5) is 11.4 Å². The number of methoxy groups -OCH3 is 1. The molecule has 170 valence electrons. The van der Waals surface area contributed by atoms with Crippen molar-refractivity contribution in [3.63, 3.8) is 0 Å². The fourth-order valence-corrected chi connectivity index (χ4v) is 4.03. The van der Waals surface area contributed by atoms with Gasteiger partial charge in [-0.2, -0.15) is 0 Å². The molecule has 6 nitrogen and oxygen atoms in total. The number of piperazine rings is 1. The van der Waals surface area contributed by atoms with Crippen molar-refractivity contribution >= 4 is 23.2 Å². The van der Waals surface area contributed by atoms with Crippen LogP contribution in [0.3, 0.4) is 0 Å². The van der Waals surface area contributed by atoms with Crippen LogP contribution in [-0.4, -0.2) is 50.0 Å². The molecule has 0 radical (unpaired) electrons. The molecule has 4 rings (SSSR count). The number of rotatable bonds is 6. The summed E-state index contributed by atoms with van der Waals surface area (Å²) in [5, 5.41) is 2.96. The quantitative estimate of drug-likeness (QED) is 0.622. The second-order valence-electron chi connectivity index (χ2n) is 8.21. The van der Waals surface area contributed by atoms with Gasteiger partial charge in [0.2, 0.25) is 5.91 Å². The fourth-order valence-electron chi connectivity index (χ4n) is 4.03. The first kappa shape index (κ1) is 22.4. The lowest BCUT2D eigenvalue weighted by Crippen LogP contribution is -2.49. The lowest BCUT2D eigenvalue weighted by molar-refractivity contribution is -0.130. The summed E-state index contributed by atoms with van der Waals surface area (Å²) in [6.45, 7) is 4.88. The molecule has 0 bridgehead atoms. The van der Waals surface area contributed by atoms with E-state index in [4.69, 9.17) is 4.74 Å². The first-order valence-corrected chi connectivity index (χ1v) is 11.2. The van der Waals surface area contributed by atoms with Crippen LogP contribution in [0.2, 0.25) is 0 Å². The highest BCUT2D eigenvalue weighted by molar-refractivity contribution is 6.05. The number of nitrogens with zero attached hydrogens (tertiary/aromatic N) is 2. The molecular formula is C27H29N3O3. The molecule has 0 aliphatic carbocycles. The van der Waals surface area contributed by atoms with E-state index in [9.17, 15) is 9.59 Å². The average Bonchev–Trinajstić information content (AvgIpc) is 2.85. The molecule has 1 aliphatic heterocycles. The van der Waals surface area contributed by atoms with Crippen molar-refractivity contribution in [3.05, 3.63) is 89.5 Å². The summed E-state index contributed by atoms with van der Waals surface area (Å²) in [6.07, 6.45) is 0.402. The summed E-state index contributed by atoms with van der Waals surface area (Å²) < 4.78 is 5.17. The van der Waals surface area contributed by atoms with Crippen LogP contribution in [0.5, 0.6) is 5.75 Å². The normalized spacial score (nSPS) is 13.5. The first-order valence-electron chi connectivity index (χ1n) is 11.2. The van der Waals surface area contributed by atoms with Gasteiger partial charge in [-0.25, -0.2) is 0 Å². The van der Waals surface area contributed by atoms with Crippen molar-refractivity contribution in [2.24, 2.45) is 0 Å². The Morgan fingerprint density at radius 2 is 1.55 bits per heavy atom. The van der Waals surface area contributed by atoms with E-state index in [0.29, 0.717) is 25.1 Å². The van der Waals surface area contributed by atoms with E-state index < -0.39 is 0 Å². The van der Waals surface area contributed by atoms with E-state index in [2.05, 4.69) is 10.2 Å². The molecular weight excluding hydrogens is 414 g/mol. The van der Waals surface area contributed by atoms with Crippen molar-refractivity contribution in [2.75, 3.05) is 43.5 Å². The molecule has 1 aliphatic rings. The summed E-state index contributed by atoms with van der Waals surface area (Å²) in [5.74, 6) is 0.833. The van der Waals surface area contributed by atoms with E-state index in [-0.39, 0.29) is 11.8 Å². The molecule has 0 unspecified atom stereocenters. The molecule has 1 N–H and O–H groups in total. The smallest absolute Gasteiger partial charge is 0.255 e. The molecule has 0 spiro atoms. The van der Waals surface area contributed by atoms with Gasteiger partial charge in [0.1, 0.15) is 5.75 Å². The molecule has 0 saturated carbocycles. The van der Waals surface area contributed by atoms with E-state index in [1.165, 1.54) is 0 Å². The summed E-state index contributed by atoms with van der Waals surface area (Å²) in [5.41, 5.74) is 4.47. The molecule has 3 aromatic rings. The number of carbonyl (C=O) groups excluding carboxylic acids is 2. The van der Waals surface area contributed by atoms with Crippen LogP contribution in [0.25, 0.3) is 0 Å². The zero-order valence-electron chi connectivity index (χ0n) is 19.1. The topological polar surface area (TPSA) is 61.9 Å². The Balaban J connectivity index is 1.29. The summed E-state index contributed by atoms with van der Waals surface area (Å²) in [7, 11) is 1.63. The summed E-state index contributed by atoms with van der Waals surface area (Å²) in [6, 6.07) is 23.1. The third-order valence-corrected chi connectivity index (χ3v) is 6.03. The van der Waals surface area contributed by atoms with Gasteiger partial charge in [0.25, 0.3) is 5.91 Å². The van der Waals surface area contributed by atoms with Crippen LogP contribution < -0.4 is 15.0 Å². The highest BCUT2D eigenvalue weighted by Gasteiger charge is 2.21. The van der Waals surface area contributed by atoms with Crippen LogP contribution in [-0.2, 0) is 11.2 Å². The van der Waals surface area contributed by atoms with Crippen molar-refractivity contribution in [1.29, 1.82) is 0 Å². The molecule has 2 amide bonds. The molecule has 1 fully saturated rings. The predicted molar refractivity (Wildman–Crippen MR) is 131 cm³/mol. The maximum Gasteiger partial charge on any atom is 0.255 e. The van der Waals surface area contributed by atoms with Crippen molar-refractivity contribution < 1.29 is 14.3 Å². The zero-order valence-corrected chi connectivity index (χ0v) is 19.1. The Morgan fingerprint density at radius 3 is 2.18 bits per heavy atom. The van der Waals surface area contributed by atoms with Gasteiger partial charge >= 0.3 is 0 Å². The number of amides is 2. The third kappa shape index (κ3) is 5.52. The Hall–Kier alpha value is -3.80. The number of anilines is 2. The lowest BCUT2D eigenvalue weighted by Gasteiger charge is -2.36. The highest BCUT2D eigenvalue weighted by Crippen LogP contribution is 2.21. The maximum atomic E-state index is 12.7. The second kappa shape index (κ2) is 10.2. The molecule has 0 aromatic heterocycles. The van der Waals surface area contributed by atoms with Gasteiger partial charge in [0.15, 0.2) is 0 Å². The van der Waals surface area contributed by atoms with Gasteiger partial charge in [0.05, 0.1) is 13.5 Å². The molecule has 1 saturated heterocycles. The van der Waals surface area contributed by atoms with Gasteiger partial charge in [-0.05, 0) is 60.5 Å². The van der Waals surface area contributed by atoms with Gasteiger partial charge in [-0.1, -0.05) is 30.3 Å². The van der Waals surface area contributed by atoms with Gasteiger partial charge in [0, 0.05) is 43.1 Å². The minimum Gasteiger partial charge on any atom is -0.497 e. The minimum absolute atomic E-state index is 0.107. The fraction of sp³-hybridized carbons (Fsp3) is 0.259. The number of ether oxygens (including phenoxy) is 1. The Kier molecular flexibility index (Phi) is 6.93. The number of carbonyl (C=O) groups is 2. The molecule has 3 aromatic carbocycles. The molecule has 33 heavy (non-hydrogen) atoms. The SMILES string of the molecule is COc1ccc(CC(=O)N2CCN(c3ccc(NC(=O)c4ccccc4C)cc3)CC2)cc1. The summed E-state index contributed by atoms with van der Waals surface area (Å²) >= 11 is 0. The van der Waals surface area contributed by atoms with Crippen LogP contribution in [0.1, 0.15) is 21.5 Å². The van der Waals surface area contributed by atoms with E-state index in [1.54, 1.807) is 7.11 Å². The minimum atomic E-state index is -0.107. The predicted octanol–water partition coefficient (Wildman–Crippen LogP) is 4.15. The van der Waals surface area contributed by atoms with E-state index >= 15 is 0 Å². The third-order valence-electron chi connectivity index (χ3n) is 6.03. The zero-order chi connectivity index (χ0) is 23.2. The van der Waals surface area contributed by atoms with Gasteiger partial charge in [-0.15, -0.1) is 0 Å². The van der Waals surface area contributed by atoms with Gasteiger partial charge < -0.3 is 19.9 Å². The number of aryl methyl sites for hydroxylation is 1. The van der Waals surface area contributed by atoms with Crippen molar-refractivity contribution in [3.8, 4) is 5.75 Å². The molecule has 1 heterocycles. The number of benzene rings is 3. The Morgan fingerprint density at radius 1 is 0.879 bits per heavy atom. The van der Waals surface area contributed by atoms with Crippen molar-refractivity contribution in [2.45, 2.75) is 13.3 Å². The first-order chi connectivity index (χ1) is 16.0. The molecule has 0 atom stereocenters. The lowest BCUT2D eigenvalue weighted by atomic mass is 10.1. The van der Waals surface area contributed by atoms with Crippen molar-refractivity contribution in [1.82, 2.24) is 4.90 Å². The summed E-state index contributed by atoms with van der Waals surface area (Å²) in [4.78, 5) is 29.4. The monoisotopic (exact) mass is 443 g/mol. The number of hydrogen-bond acceptors (Lipinski definition) is 4. The van der Waals surface area contributed by atoms with E-state index in [0.717, 1.165) is 41.3 Å². The van der Waals surface area contributed by atoms with Crippen LogP contribution in [0.15, 0.2) is 72.8 Å². The number of hydrogen-bond donors (Lipinski definition) is 1. The van der Waals surface area contributed by atoms with Crippen LogP contribution >= 0.6 is 0 Å². The number of nitrogens with one attached hydrogen (secondary N) is 1. The maximum absolute atomic E-state index is 12.7. The highest BCUT2D eigenvalue weighted by atomic mass is 16.5. The average molecular weight is 444 g/mol. The Labute approximate surface area is 194 Å². The van der Waals surface area contributed by atoms with E-state index in [1.807, 2.05) is 84.6 Å². The standard InChI is InChI=1S/C27H29N3O3/c1-20-5-3-4-6-25(20)27(32)28-22-9-11-23(12-10-22)29-15-17-30(18-16-29)26(31)19-21-7-13-24(33-2)14-8-21/h3-14H,15-19H2,1-2H3,(H,28,32). The van der Waals surface area contributed by atoms with Gasteiger partial charge in [-0.3, -0.25) is 9.59 Å². The second-order valence-corrected chi connectivity index (χ2v) is 8.21. The molecule has 6 heteroatoms. The van der Waals surface area contributed by atoms with Crippen LogP contribution in [0, 0.1) is 6.92 Å². The largest absolute Gasteiger partial charge is 0.497 e.